The molecule has 1 aromatic heterocycles. The molecule has 2 aromatic carbocycles. The van der Waals surface area contributed by atoms with E-state index < -0.39 is 16.6 Å². The van der Waals surface area contributed by atoms with Crippen LogP contribution in [0.2, 0.25) is 5.02 Å². The molecule has 0 radical (unpaired) electrons. The minimum Gasteiger partial charge on any atom is -0.451 e. The van der Waals surface area contributed by atoms with Gasteiger partial charge in [-0.2, -0.15) is 0 Å². The predicted molar refractivity (Wildman–Crippen MR) is 90.2 cm³/mol. The van der Waals surface area contributed by atoms with E-state index in [4.69, 9.17) is 16.0 Å². The van der Waals surface area contributed by atoms with Gasteiger partial charge in [0.25, 0.3) is 11.6 Å². The van der Waals surface area contributed by atoms with Crippen LogP contribution >= 0.6 is 11.6 Å². The molecule has 126 valence electrons. The number of furan rings is 1. The first kappa shape index (κ1) is 16.7. The van der Waals surface area contributed by atoms with Crippen molar-refractivity contribution in [3.63, 3.8) is 0 Å². The highest BCUT2D eigenvalue weighted by molar-refractivity contribution is 6.34. The third-order valence-corrected chi connectivity index (χ3v) is 3.69. The fraction of sp³-hybridized carbons (Fsp3) is 0. The first-order valence-corrected chi connectivity index (χ1v) is 7.43. The van der Waals surface area contributed by atoms with Crippen LogP contribution in [-0.2, 0) is 0 Å². The molecule has 0 bridgehead atoms. The smallest absolute Gasteiger partial charge is 0.291 e. The second kappa shape index (κ2) is 6.74. The van der Waals surface area contributed by atoms with E-state index in [1.54, 1.807) is 12.1 Å². The number of non-ortho nitro benzene ring substituents is 1. The van der Waals surface area contributed by atoms with E-state index in [0.717, 1.165) is 6.07 Å². The van der Waals surface area contributed by atoms with Gasteiger partial charge in [0.2, 0.25) is 0 Å². The normalized spacial score (nSPS) is 10.5. The number of nitrogens with zero attached hydrogens (tertiary/aromatic N) is 1. The lowest BCUT2D eigenvalue weighted by Gasteiger charge is -2.05. The Kier molecular flexibility index (Phi) is 4.49. The van der Waals surface area contributed by atoms with Crippen LogP contribution in [0.15, 0.2) is 59.0 Å². The van der Waals surface area contributed by atoms with E-state index >= 15 is 0 Å². The summed E-state index contributed by atoms with van der Waals surface area (Å²) in [6, 6.07) is 12.6. The molecular weight excluding hydrogens is 351 g/mol. The molecule has 0 unspecified atom stereocenters. The molecule has 25 heavy (non-hydrogen) atoms. The van der Waals surface area contributed by atoms with Crippen molar-refractivity contribution in [2.24, 2.45) is 0 Å². The minimum atomic E-state index is -0.613. The summed E-state index contributed by atoms with van der Waals surface area (Å²) in [5.41, 5.74) is 0.235. The highest BCUT2D eigenvalue weighted by Crippen LogP contribution is 2.28. The Morgan fingerprint density at radius 1 is 1.16 bits per heavy atom. The molecule has 0 aliphatic rings. The second-order valence-electron chi connectivity index (χ2n) is 5.02. The number of nitro benzene ring substituents is 1. The van der Waals surface area contributed by atoms with Crippen molar-refractivity contribution in [1.29, 1.82) is 0 Å². The maximum absolute atomic E-state index is 13.8. The van der Waals surface area contributed by atoms with Crippen LogP contribution in [0.5, 0.6) is 0 Å². The number of nitro groups is 1. The summed E-state index contributed by atoms with van der Waals surface area (Å²) in [4.78, 5) is 22.3. The Morgan fingerprint density at radius 2 is 1.92 bits per heavy atom. The SMILES string of the molecule is O=C(Nc1ccc([N+](=O)[O-])cc1Cl)c1ccc(-c2ccccc2F)o1. The van der Waals surface area contributed by atoms with Gasteiger partial charge >= 0.3 is 0 Å². The minimum absolute atomic E-state index is 0.0171. The molecule has 0 atom stereocenters. The lowest BCUT2D eigenvalue weighted by Crippen LogP contribution is -2.11. The van der Waals surface area contributed by atoms with Crippen LogP contribution in [-0.4, -0.2) is 10.8 Å². The van der Waals surface area contributed by atoms with Gasteiger partial charge in [-0.05, 0) is 30.3 Å². The molecule has 3 aromatic rings. The average molecular weight is 361 g/mol. The summed E-state index contributed by atoms with van der Waals surface area (Å²) in [5, 5.41) is 13.2. The second-order valence-corrected chi connectivity index (χ2v) is 5.43. The van der Waals surface area contributed by atoms with Crippen LogP contribution in [0, 0.1) is 15.9 Å². The lowest BCUT2D eigenvalue weighted by molar-refractivity contribution is -0.384. The molecule has 0 saturated carbocycles. The average Bonchev–Trinajstić information content (AvgIpc) is 3.07. The van der Waals surface area contributed by atoms with Crippen LogP contribution in [0.4, 0.5) is 15.8 Å². The maximum Gasteiger partial charge on any atom is 0.291 e. The molecule has 8 heteroatoms. The van der Waals surface area contributed by atoms with Crippen molar-refractivity contribution < 1.29 is 18.5 Å². The number of hydrogen-bond donors (Lipinski definition) is 1. The van der Waals surface area contributed by atoms with E-state index in [-0.39, 0.29) is 33.5 Å². The Morgan fingerprint density at radius 3 is 2.60 bits per heavy atom. The molecule has 1 heterocycles. The molecule has 1 amide bonds. The van der Waals surface area contributed by atoms with E-state index in [2.05, 4.69) is 5.32 Å². The molecule has 0 aliphatic heterocycles. The first-order chi connectivity index (χ1) is 12.0. The number of halogens is 2. The van der Waals surface area contributed by atoms with E-state index in [1.807, 2.05) is 0 Å². The number of rotatable bonds is 4. The Hall–Kier alpha value is -3.19. The highest BCUT2D eigenvalue weighted by Gasteiger charge is 2.16. The standard InChI is InChI=1S/C17H10ClFN2O4/c18-12-9-10(21(23)24)5-6-14(12)20-17(22)16-8-7-15(25-16)11-3-1-2-4-13(11)19/h1-9H,(H,20,22). The summed E-state index contributed by atoms with van der Waals surface area (Å²) < 4.78 is 19.1. The molecule has 0 saturated heterocycles. The van der Waals surface area contributed by atoms with E-state index in [1.165, 1.54) is 36.4 Å². The zero-order chi connectivity index (χ0) is 18.0. The fourth-order valence-electron chi connectivity index (χ4n) is 2.17. The quantitative estimate of drug-likeness (QED) is 0.529. The Bertz CT molecular complexity index is 971. The van der Waals surface area contributed by atoms with Crippen LogP contribution in [0.25, 0.3) is 11.3 Å². The first-order valence-electron chi connectivity index (χ1n) is 7.06. The van der Waals surface area contributed by atoms with Gasteiger partial charge in [0.05, 0.1) is 21.2 Å². The van der Waals surface area contributed by atoms with Gasteiger partial charge in [-0.15, -0.1) is 0 Å². The maximum atomic E-state index is 13.8. The summed E-state index contributed by atoms with van der Waals surface area (Å²) in [7, 11) is 0. The van der Waals surface area contributed by atoms with Gasteiger partial charge in [0.1, 0.15) is 11.6 Å². The summed E-state index contributed by atoms with van der Waals surface area (Å²) in [6.45, 7) is 0. The number of carbonyl (C=O) groups excluding carboxylic acids is 1. The van der Waals surface area contributed by atoms with Gasteiger partial charge in [0, 0.05) is 12.1 Å². The third kappa shape index (κ3) is 3.51. The summed E-state index contributed by atoms with van der Waals surface area (Å²) in [5.74, 6) is -0.925. The molecule has 0 spiro atoms. The van der Waals surface area contributed by atoms with Crippen molar-refractivity contribution in [3.8, 4) is 11.3 Å². The Balaban J connectivity index is 1.81. The number of amides is 1. The van der Waals surface area contributed by atoms with Gasteiger partial charge in [0.15, 0.2) is 5.76 Å². The zero-order valence-corrected chi connectivity index (χ0v) is 13.3. The van der Waals surface area contributed by atoms with Gasteiger partial charge in [-0.3, -0.25) is 14.9 Å². The largest absolute Gasteiger partial charge is 0.451 e. The predicted octanol–water partition coefficient (Wildman–Crippen LogP) is 4.90. The molecular formula is C17H10ClFN2O4. The zero-order valence-electron chi connectivity index (χ0n) is 12.5. The molecule has 3 rings (SSSR count). The van der Waals surface area contributed by atoms with Crippen molar-refractivity contribution in [2.45, 2.75) is 0 Å². The summed E-state index contributed by atoms with van der Waals surface area (Å²) >= 11 is 5.93. The van der Waals surface area contributed by atoms with Gasteiger partial charge < -0.3 is 9.73 Å². The number of anilines is 1. The van der Waals surface area contributed by atoms with Crippen LogP contribution < -0.4 is 5.32 Å². The number of carbonyl (C=O) groups is 1. The van der Waals surface area contributed by atoms with Crippen molar-refractivity contribution in [2.75, 3.05) is 5.32 Å². The number of hydrogen-bond acceptors (Lipinski definition) is 4. The van der Waals surface area contributed by atoms with Crippen LogP contribution in [0.1, 0.15) is 10.6 Å². The number of nitrogens with one attached hydrogen (secondary N) is 1. The summed E-state index contributed by atoms with van der Waals surface area (Å²) in [6.07, 6.45) is 0. The third-order valence-electron chi connectivity index (χ3n) is 3.38. The fourth-order valence-corrected chi connectivity index (χ4v) is 2.39. The van der Waals surface area contributed by atoms with Crippen LogP contribution in [0.3, 0.4) is 0 Å². The lowest BCUT2D eigenvalue weighted by atomic mass is 10.1. The van der Waals surface area contributed by atoms with Gasteiger partial charge in [-0.25, -0.2) is 4.39 Å². The van der Waals surface area contributed by atoms with Gasteiger partial charge in [-0.1, -0.05) is 23.7 Å². The van der Waals surface area contributed by atoms with Crippen molar-refractivity contribution in [3.05, 3.63) is 81.3 Å². The molecule has 1 N–H and O–H groups in total. The van der Waals surface area contributed by atoms with Crippen molar-refractivity contribution >= 4 is 28.9 Å². The molecule has 0 aliphatic carbocycles. The Labute approximate surface area is 146 Å². The molecule has 6 nitrogen and oxygen atoms in total. The highest BCUT2D eigenvalue weighted by atomic mass is 35.5. The number of benzene rings is 2. The topological polar surface area (TPSA) is 85.4 Å². The monoisotopic (exact) mass is 360 g/mol. The van der Waals surface area contributed by atoms with Crippen molar-refractivity contribution in [1.82, 2.24) is 0 Å². The van der Waals surface area contributed by atoms with E-state index in [9.17, 15) is 19.3 Å². The molecule has 0 fully saturated rings. The van der Waals surface area contributed by atoms with E-state index in [0.29, 0.717) is 0 Å².